The molecule has 3 rings (SSSR count). The molecule has 29 heavy (non-hydrogen) atoms. The van der Waals surface area contributed by atoms with Gasteiger partial charge in [0.1, 0.15) is 5.60 Å². The van der Waals surface area contributed by atoms with Crippen molar-refractivity contribution in [2.24, 2.45) is 7.05 Å². The number of imidazole rings is 1. The first-order chi connectivity index (χ1) is 13.4. The van der Waals surface area contributed by atoms with Gasteiger partial charge in [-0.05, 0) is 41.5 Å². The fourth-order valence-electron chi connectivity index (χ4n) is 3.62. The van der Waals surface area contributed by atoms with Crippen molar-refractivity contribution in [3.05, 3.63) is 28.3 Å². The molecule has 0 spiro atoms. The van der Waals surface area contributed by atoms with E-state index in [1.165, 1.54) is 4.68 Å². The van der Waals surface area contributed by atoms with E-state index in [0.717, 1.165) is 0 Å². The summed E-state index contributed by atoms with van der Waals surface area (Å²) in [5.74, 6) is 0. The molecule has 0 radical (unpaired) electrons. The maximum atomic E-state index is 12.6. The lowest BCUT2D eigenvalue weighted by molar-refractivity contribution is 0.0130. The zero-order chi connectivity index (χ0) is 21.7. The van der Waals surface area contributed by atoms with Crippen LogP contribution in [-0.4, -0.2) is 61.1 Å². The predicted octanol–water partition coefficient (Wildman–Crippen LogP) is 1.92. The SMILES string of the molecule is CC(O)c1cn2c(n1)c(N1C[C@@H](C)N(C(=O)OC(C)(C)C)C[C@@H]1C)cc(=O)n2C. The fourth-order valence-corrected chi connectivity index (χ4v) is 3.62. The van der Waals surface area contributed by atoms with E-state index in [1.807, 2.05) is 34.6 Å². The van der Waals surface area contributed by atoms with Crippen molar-refractivity contribution in [1.82, 2.24) is 19.1 Å². The number of anilines is 1. The molecule has 9 heteroatoms. The van der Waals surface area contributed by atoms with Gasteiger partial charge < -0.3 is 19.6 Å². The quantitative estimate of drug-likeness (QED) is 0.821. The minimum Gasteiger partial charge on any atom is -0.444 e. The van der Waals surface area contributed by atoms with Gasteiger partial charge in [0.2, 0.25) is 0 Å². The molecule has 1 aliphatic heterocycles. The smallest absolute Gasteiger partial charge is 0.410 e. The number of ether oxygens (including phenoxy) is 1. The van der Waals surface area contributed by atoms with Gasteiger partial charge in [-0.15, -0.1) is 0 Å². The molecule has 1 saturated heterocycles. The van der Waals surface area contributed by atoms with Crippen LogP contribution in [0.5, 0.6) is 0 Å². The Morgan fingerprint density at radius 2 is 1.93 bits per heavy atom. The number of carbonyl (C=O) groups excluding carboxylic acids is 1. The summed E-state index contributed by atoms with van der Waals surface area (Å²) < 4.78 is 8.67. The summed E-state index contributed by atoms with van der Waals surface area (Å²) in [6.45, 7) is 12.2. The highest BCUT2D eigenvalue weighted by Crippen LogP contribution is 2.28. The molecule has 9 nitrogen and oxygen atoms in total. The summed E-state index contributed by atoms with van der Waals surface area (Å²) in [5, 5.41) is 9.93. The highest BCUT2D eigenvalue weighted by molar-refractivity contribution is 5.72. The van der Waals surface area contributed by atoms with Crippen LogP contribution in [0.2, 0.25) is 0 Å². The van der Waals surface area contributed by atoms with Crippen LogP contribution in [0.15, 0.2) is 17.1 Å². The van der Waals surface area contributed by atoms with Gasteiger partial charge in [0.25, 0.3) is 5.56 Å². The number of rotatable bonds is 2. The van der Waals surface area contributed by atoms with E-state index in [-0.39, 0.29) is 23.7 Å². The largest absolute Gasteiger partial charge is 0.444 e. The molecule has 160 valence electrons. The Morgan fingerprint density at radius 3 is 2.52 bits per heavy atom. The third-order valence-corrected chi connectivity index (χ3v) is 5.19. The molecule has 1 N–H and O–H groups in total. The number of aryl methyl sites for hydroxylation is 1. The van der Waals surface area contributed by atoms with Gasteiger partial charge in [0.05, 0.1) is 23.7 Å². The van der Waals surface area contributed by atoms with Crippen molar-refractivity contribution in [2.45, 2.75) is 65.3 Å². The maximum Gasteiger partial charge on any atom is 0.410 e. The minimum atomic E-state index is -0.738. The third-order valence-electron chi connectivity index (χ3n) is 5.19. The molecule has 0 saturated carbocycles. The molecular formula is C20H31N5O4. The molecule has 3 heterocycles. The summed E-state index contributed by atoms with van der Waals surface area (Å²) in [4.78, 5) is 33.5. The summed E-state index contributed by atoms with van der Waals surface area (Å²) >= 11 is 0. The average Bonchev–Trinajstić information content (AvgIpc) is 3.04. The Kier molecular flexibility index (Phi) is 5.38. The number of aromatic nitrogens is 3. The Bertz CT molecular complexity index is 972. The molecule has 2 aromatic rings. The van der Waals surface area contributed by atoms with Crippen LogP contribution in [0.4, 0.5) is 10.5 Å². The summed E-state index contributed by atoms with van der Waals surface area (Å²) in [6.07, 6.45) is 0.608. The molecular weight excluding hydrogens is 374 g/mol. The molecule has 0 aromatic carbocycles. The fraction of sp³-hybridized carbons (Fsp3) is 0.650. The molecule has 1 aliphatic rings. The lowest BCUT2D eigenvalue weighted by Gasteiger charge is -2.45. The standard InChI is InChI=1S/C20H31N5O4/c1-12-10-24(19(28)29-20(4,5)6)13(2)9-23(12)16-8-17(27)22(7)25-11-15(14(3)26)21-18(16)25/h8,11-14,26H,9-10H2,1-7H3/t12-,13+,14?/m0/s1. The van der Waals surface area contributed by atoms with Crippen LogP contribution in [0.3, 0.4) is 0 Å². The zero-order valence-electron chi connectivity index (χ0n) is 18.2. The second-order valence-electron chi connectivity index (χ2n) is 8.88. The van der Waals surface area contributed by atoms with Crippen LogP contribution < -0.4 is 10.5 Å². The first-order valence-corrected chi connectivity index (χ1v) is 9.92. The lowest BCUT2D eigenvalue weighted by atomic mass is 10.1. The molecule has 1 fully saturated rings. The number of hydrogen-bond donors (Lipinski definition) is 1. The second-order valence-corrected chi connectivity index (χ2v) is 8.88. The van der Waals surface area contributed by atoms with Crippen molar-refractivity contribution < 1.29 is 14.6 Å². The van der Waals surface area contributed by atoms with Crippen molar-refractivity contribution in [3.8, 4) is 0 Å². The number of fused-ring (bicyclic) bond motifs is 1. The van der Waals surface area contributed by atoms with Gasteiger partial charge >= 0.3 is 6.09 Å². The Morgan fingerprint density at radius 1 is 1.28 bits per heavy atom. The van der Waals surface area contributed by atoms with E-state index in [0.29, 0.717) is 30.1 Å². The number of aliphatic hydroxyl groups excluding tert-OH is 1. The molecule has 1 amide bonds. The van der Waals surface area contributed by atoms with E-state index < -0.39 is 11.7 Å². The molecule has 0 bridgehead atoms. The van der Waals surface area contributed by atoms with Crippen LogP contribution in [0.25, 0.3) is 5.65 Å². The van der Waals surface area contributed by atoms with Crippen molar-refractivity contribution in [1.29, 1.82) is 0 Å². The van der Waals surface area contributed by atoms with Crippen molar-refractivity contribution >= 4 is 17.4 Å². The van der Waals surface area contributed by atoms with Crippen molar-refractivity contribution in [3.63, 3.8) is 0 Å². The third kappa shape index (κ3) is 4.10. The van der Waals surface area contributed by atoms with E-state index in [2.05, 4.69) is 9.88 Å². The number of carbonyl (C=O) groups is 1. The van der Waals surface area contributed by atoms with Crippen molar-refractivity contribution in [2.75, 3.05) is 18.0 Å². The molecule has 1 unspecified atom stereocenters. The van der Waals surface area contributed by atoms with E-state index in [9.17, 15) is 14.7 Å². The highest BCUT2D eigenvalue weighted by atomic mass is 16.6. The lowest BCUT2D eigenvalue weighted by Crippen LogP contribution is -2.59. The predicted molar refractivity (Wildman–Crippen MR) is 110 cm³/mol. The number of piperazine rings is 1. The number of amides is 1. The van der Waals surface area contributed by atoms with E-state index in [4.69, 9.17) is 4.74 Å². The summed E-state index contributed by atoms with van der Waals surface area (Å²) in [5.41, 5.74) is 1.08. The second kappa shape index (κ2) is 7.37. The van der Waals surface area contributed by atoms with Gasteiger partial charge in [0, 0.05) is 38.3 Å². The van der Waals surface area contributed by atoms with Gasteiger partial charge in [-0.25, -0.2) is 19.0 Å². The van der Waals surface area contributed by atoms with Crippen LogP contribution in [0.1, 0.15) is 53.3 Å². The van der Waals surface area contributed by atoms with E-state index >= 15 is 0 Å². The number of hydrogen-bond acceptors (Lipinski definition) is 6. The Balaban J connectivity index is 1.96. The summed E-state index contributed by atoms with van der Waals surface area (Å²) in [6, 6.07) is 1.43. The molecule has 3 atom stereocenters. The number of aliphatic hydroxyl groups is 1. The van der Waals surface area contributed by atoms with Gasteiger partial charge in [-0.1, -0.05) is 0 Å². The van der Waals surface area contributed by atoms with Gasteiger partial charge in [-0.2, -0.15) is 0 Å². The normalized spacial score (nSPS) is 21.5. The highest BCUT2D eigenvalue weighted by Gasteiger charge is 2.35. The first-order valence-electron chi connectivity index (χ1n) is 9.92. The molecule has 2 aromatic heterocycles. The van der Waals surface area contributed by atoms with E-state index in [1.54, 1.807) is 35.6 Å². The minimum absolute atomic E-state index is 0.0404. The van der Waals surface area contributed by atoms with Crippen LogP contribution in [0, 0.1) is 0 Å². The monoisotopic (exact) mass is 405 g/mol. The Hall–Kier alpha value is -2.55. The van der Waals surface area contributed by atoms with Crippen LogP contribution >= 0.6 is 0 Å². The molecule has 0 aliphatic carbocycles. The van der Waals surface area contributed by atoms with Gasteiger partial charge in [-0.3, -0.25) is 4.79 Å². The maximum absolute atomic E-state index is 12.6. The zero-order valence-corrected chi connectivity index (χ0v) is 18.2. The van der Waals surface area contributed by atoms with Gasteiger partial charge in [0.15, 0.2) is 5.65 Å². The first kappa shape index (κ1) is 21.2. The summed E-state index contributed by atoms with van der Waals surface area (Å²) in [7, 11) is 1.67. The average molecular weight is 405 g/mol. The number of nitrogens with zero attached hydrogens (tertiary/aromatic N) is 5. The Labute approximate surface area is 170 Å². The van der Waals surface area contributed by atoms with Crippen LogP contribution in [-0.2, 0) is 11.8 Å². The topological polar surface area (TPSA) is 92.3 Å².